The minimum absolute atomic E-state index is 0.00363. The summed E-state index contributed by atoms with van der Waals surface area (Å²) in [4.78, 5) is 27.0. The molecule has 2 rings (SSSR count). The van der Waals surface area contributed by atoms with Gasteiger partial charge in [0.1, 0.15) is 6.61 Å². The molecule has 6 nitrogen and oxygen atoms in total. The first-order chi connectivity index (χ1) is 8.37. The number of piperazine rings is 1. The molecule has 0 bridgehead atoms. The van der Waals surface area contributed by atoms with E-state index in [9.17, 15) is 9.59 Å². The molecule has 3 amide bonds. The van der Waals surface area contributed by atoms with Crippen LogP contribution in [-0.2, 0) is 9.53 Å². The van der Waals surface area contributed by atoms with Gasteiger partial charge >= 0.3 is 6.03 Å². The Balaban J connectivity index is 1.84. The van der Waals surface area contributed by atoms with Crippen molar-refractivity contribution in [1.82, 2.24) is 15.1 Å². The van der Waals surface area contributed by atoms with Gasteiger partial charge in [0.2, 0.25) is 5.91 Å². The van der Waals surface area contributed by atoms with Crippen LogP contribution in [0.4, 0.5) is 4.79 Å². The molecular weight excluding hydrogens is 234 g/mol. The Morgan fingerprint density at radius 2 is 2.17 bits per heavy atom. The van der Waals surface area contributed by atoms with Crippen LogP contribution < -0.4 is 5.32 Å². The Kier molecular flexibility index (Phi) is 3.47. The molecule has 0 aromatic carbocycles. The Morgan fingerprint density at radius 1 is 1.44 bits per heavy atom. The molecule has 2 fully saturated rings. The number of fused-ring (bicyclic) bond motifs is 1. The standard InChI is InChI=1S/C12H21N3O3/c1-12(2,3)18-8-10(16)14-4-5-15-9(7-14)6-13-11(15)17/h9H,4-8H2,1-3H3,(H,13,17). The van der Waals surface area contributed by atoms with Crippen LogP contribution in [0.15, 0.2) is 0 Å². The van der Waals surface area contributed by atoms with Crippen LogP contribution in [0.25, 0.3) is 0 Å². The van der Waals surface area contributed by atoms with Gasteiger partial charge < -0.3 is 19.9 Å². The minimum Gasteiger partial charge on any atom is -0.366 e. The number of hydrogen-bond acceptors (Lipinski definition) is 3. The van der Waals surface area contributed by atoms with Crippen molar-refractivity contribution < 1.29 is 14.3 Å². The van der Waals surface area contributed by atoms with E-state index in [-0.39, 0.29) is 30.2 Å². The summed E-state index contributed by atoms with van der Waals surface area (Å²) in [6.07, 6.45) is 0. The summed E-state index contributed by atoms with van der Waals surface area (Å²) in [5.74, 6) is 0.00363. The van der Waals surface area contributed by atoms with E-state index in [1.54, 1.807) is 9.80 Å². The van der Waals surface area contributed by atoms with E-state index in [4.69, 9.17) is 4.74 Å². The quantitative estimate of drug-likeness (QED) is 0.757. The van der Waals surface area contributed by atoms with Crippen LogP contribution in [0.3, 0.4) is 0 Å². The summed E-state index contributed by atoms with van der Waals surface area (Å²) in [6, 6.07) is 0.0999. The van der Waals surface area contributed by atoms with Gasteiger partial charge in [0.15, 0.2) is 0 Å². The molecule has 0 saturated carbocycles. The van der Waals surface area contributed by atoms with Crippen molar-refractivity contribution in [2.75, 3.05) is 32.8 Å². The summed E-state index contributed by atoms with van der Waals surface area (Å²) < 4.78 is 5.49. The van der Waals surface area contributed by atoms with E-state index in [2.05, 4.69) is 5.32 Å². The molecule has 0 aromatic rings. The number of nitrogens with zero attached hydrogens (tertiary/aromatic N) is 2. The van der Waals surface area contributed by atoms with Gasteiger partial charge in [0.25, 0.3) is 0 Å². The fourth-order valence-corrected chi connectivity index (χ4v) is 2.20. The third-order valence-electron chi connectivity index (χ3n) is 3.21. The minimum atomic E-state index is -0.303. The maximum absolute atomic E-state index is 12.0. The van der Waals surface area contributed by atoms with Gasteiger partial charge in [-0.2, -0.15) is 0 Å². The van der Waals surface area contributed by atoms with Crippen molar-refractivity contribution in [3.8, 4) is 0 Å². The molecule has 0 spiro atoms. The molecule has 18 heavy (non-hydrogen) atoms. The predicted molar refractivity (Wildman–Crippen MR) is 66.2 cm³/mol. The highest BCUT2D eigenvalue weighted by Crippen LogP contribution is 2.15. The number of urea groups is 1. The van der Waals surface area contributed by atoms with E-state index in [0.29, 0.717) is 26.2 Å². The second-order valence-corrected chi connectivity index (χ2v) is 5.77. The lowest BCUT2D eigenvalue weighted by Gasteiger charge is -2.36. The molecule has 0 aromatic heterocycles. The maximum Gasteiger partial charge on any atom is 0.317 e. The van der Waals surface area contributed by atoms with Gasteiger partial charge in [-0.15, -0.1) is 0 Å². The lowest BCUT2D eigenvalue weighted by Crippen LogP contribution is -2.54. The molecule has 2 heterocycles. The highest BCUT2D eigenvalue weighted by molar-refractivity contribution is 5.80. The number of carbonyl (C=O) groups excluding carboxylic acids is 2. The summed E-state index contributed by atoms with van der Waals surface area (Å²) >= 11 is 0. The SMILES string of the molecule is CC(C)(C)OCC(=O)N1CCN2C(=O)NCC2C1. The largest absolute Gasteiger partial charge is 0.366 e. The summed E-state index contributed by atoms with van der Waals surface area (Å²) in [5.41, 5.74) is -0.303. The van der Waals surface area contributed by atoms with Gasteiger partial charge in [-0.1, -0.05) is 0 Å². The maximum atomic E-state index is 12.0. The molecule has 1 unspecified atom stereocenters. The lowest BCUT2D eigenvalue weighted by atomic mass is 10.2. The molecule has 2 aliphatic heterocycles. The van der Waals surface area contributed by atoms with Crippen LogP contribution in [0.5, 0.6) is 0 Å². The molecule has 6 heteroatoms. The molecule has 2 saturated heterocycles. The predicted octanol–water partition coefficient (Wildman–Crippen LogP) is 0.0375. The molecule has 1 N–H and O–H groups in total. The van der Waals surface area contributed by atoms with Crippen LogP contribution in [0, 0.1) is 0 Å². The average molecular weight is 255 g/mol. The van der Waals surface area contributed by atoms with Crippen molar-refractivity contribution in [1.29, 1.82) is 0 Å². The van der Waals surface area contributed by atoms with Crippen molar-refractivity contribution in [3.63, 3.8) is 0 Å². The summed E-state index contributed by atoms with van der Waals surface area (Å²) in [5, 5.41) is 2.80. The lowest BCUT2D eigenvalue weighted by molar-refractivity contribution is -0.143. The van der Waals surface area contributed by atoms with E-state index < -0.39 is 0 Å². The second-order valence-electron chi connectivity index (χ2n) is 5.77. The fourth-order valence-electron chi connectivity index (χ4n) is 2.20. The number of nitrogens with one attached hydrogen (secondary N) is 1. The van der Waals surface area contributed by atoms with Crippen molar-refractivity contribution in [3.05, 3.63) is 0 Å². The van der Waals surface area contributed by atoms with E-state index in [1.807, 2.05) is 20.8 Å². The number of carbonyl (C=O) groups is 2. The first-order valence-corrected chi connectivity index (χ1v) is 6.33. The van der Waals surface area contributed by atoms with Gasteiger partial charge in [-0.05, 0) is 20.8 Å². The van der Waals surface area contributed by atoms with Crippen molar-refractivity contribution in [2.45, 2.75) is 32.4 Å². The van der Waals surface area contributed by atoms with E-state index in [0.717, 1.165) is 0 Å². The highest BCUT2D eigenvalue weighted by Gasteiger charge is 2.36. The monoisotopic (exact) mass is 255 g/mol. The average Bonchev–Trinajstić information content (AvgIpc) is 2.66. The number of hydrogen-bond donors (Lipinski definition) is 1. The molecule has 1 atom stereocenters. The van der Waals surface area contributed by atoms with Crippen molar-refractivity contribution >= 4 is 11.9 Å². The second kappa shape index (κ2) is 4.76. The first kappa shape index (κ1) is 13.1. The van der Waals surface area contributed by atoms with Gasteiger partial charge in [-0.25, -0.2) is 4.79 Å². The molecule has 0 radical (unpaired) electrons. The van der Waals surface area contributed by atoms with E-state index in [1.165, 1.54) is 0 Å². The third kappa shape index (κ3) is 2.93. The smallest absolute Gasteiger partial charge is 0.317 e. The molecule has 0 aliphatic carbocycles. The summed E-state index contributed by atoms with van der Waals surface area (Å²) in [6.45, 7) is 8.33. The van der Waals surface area contributed by atoms with Crippen LogP contribution >= 0.6 is 0 Å². The normalized spacial score (nSPS) is 23.9. The van der Waals surface area contributed by atoms with Gasteiger partial charge in [-0.3, -0.25) is 4.79 Å². The zero-order chi connectivity index (χ0) is 13.3. The zero-order valence-electron chi connectivity index (χ0n) is 11.2. The Labute approximate surface area is 107 Å². The third-order valence-corrected chi connectivity index (χ3v) is 3.21. The highest BCUT2D eigenvalue weighted by atomic mass is 16.5. The topological polar surface area (TPSA) is 61.9 Å². The number of amides is 3. The fraction of sp³-hybridized carbons (Fsp3) is 0.833. The van der Waals surface area contributed by atoms with Crippen molar-refractivity contribution in [2.24, 2.45) is 0 Å². The Morgan fingerprint density at radius 3 is 2.83 bits per heavy atom. The molecule has 2 aliphatic rings. The van der Waals surface area contributed by atoms with Crippen LogP contribution in [-0.4, -0.2) is 66.2 Å². The first-order valence-electron chi connectivity index (χ1n) is 6.33. The van der Waals surface area contributed by atoms with Crippen LogP contribution in [0.1, 0.15) is 20.8 Å². The van der Waals surface area contributed by atoms with Gasteiger partial charge in [0, 0.05) is 26.2 Å². The Hall–Kier alpha value is -1.30. The zero-order valence-corrected chi connectivity index (χ0v) is 11.2. The Bertz CT molecular complexity index is 351. The number of rotatable bonds is 2. The molecule has 102 valence electrons. The summed E-state index contributed by atoms with van der Waals surface area (Å²) in [7, 11) is 0. The molecular formula is C12H21N3O3. The van der Waals surface area contributed by atoms with E-state index >= 15 is 0 Å². The number of ether oxygens (including phenoxy) is 1. The van der Waals surface area contributed by atoms with Gasteiger partial charge in [0.05, 0.1) is 11.6 Å². The van der Waals surface area contributed by atoms with Crippen LogP contribution in [0.2, 0.25) is 0 Å².